The van der Waals surface area contributed by atoms with Crippen molar-refractivity contribution in [3.8, 4) is 16.9 Å². The smallest absolute Gasteiger partial charge is 0.160 e. The van der Waals surface area contributed by atoms with E-state index in [2.05, 4.69) is 10.2 Å². The predicted molar refractivity (Wildman–Crippen MR) is 96.5 cm³/mol. The maximum absolute atomic E-state index is 14.6. The Bertz CT molecular complexity index is 727. The van der Waals surface area contributed by atoms with E-state index in [1.165, 1.54) is 7.11 Å². The maximum atomic E-state index is 14.6. The van der Waals surface area contributed by atoms with E-state index < -0.39 is 11.6 Å². The van der Waals surface area contributed by atoms with Gasteiger partial charge >= 0.3 is 0 Å². The molecule has 2 rings (SSSR count). The Morgan fingerprint density at radius 1 is 0.960 bits per heavy atom. The van der Waals surface area contributed by atoms with Gasteiger partial charge in [0.15, 0.2) is 10.3 Å². The lowest BCUT2D eigenvalue weighted by Crippen LogP contribution is -2.07. The minimum atomic E-state index is -0.782. The van der Waals surface area contributed by atoms with E-state index in [0.29, 0.717) is 5.56 Å². The quantitative estimate of drug-likeness (QED) is 0.548. The number of benzene rings is 1. The number of hydrogen-bond acceptors (Lipinski definition) is 3. The molecule has 1 aromatic carbocycles. The van der Waals surface area contributed by atoms with E-state index in [4.69, 9.17) is 27.9 Å². The van der Waals surface area contributed by atoms with Crippen LogP contribution in [0, 0.1) is 11.6 Å². The van der Waals surface area contributed by atoms with Crippen molar-refractivity contribution in [2.45, 2.75) is 45.4 Å². The van der Waals surface area contributed by atoms with Gasteiger partial charge in [-0.15, -0.1) is 10.2 Å². The predicted octanol–water partition coefficient (Wildman–Crippen LogP) is 6.42. The first kappa shape index (κ1) is 19.9. The van der Waals surface area contributed by atoms with Gasteiger partial charge in [0, 0.05) is 23.3 Å². The van der Waals surface area contributed by atoms with Crippen LogP contribution in [0.1, 0.15) is 51.0 Å². The van der Waals surface area contributed by atoms with Gasteiger partial charge in [0.1, 0.15) is 17.4 Å². The van der Waals surface area contributed by atoms with Crippen LogP contribution in [0.5, 0.6) is 5.75 Å². The average molecular weight is 389 g/mol. The summed E-state index contributed by atoms with van der Waals surface area (Å²) in [7, 11) is 1.34. The summed E-state index contributed by atoms with van der Waals surface area (Å²) in [6.07, 6.45) is 3.41. The third-order valence-corrected chi connectivity index (χ3v) is 4.65. The van der Waals surface area contributed by atoms with E-state index in [-0.39, 0.29) is 33.1 Å². The highest BCUT2D eigenvalue weighted by molar-refractivity contribution is 6.34. The topological polar surface area (TPSA) is 35.0 Å². The van der Waals surface area contributed by atoms with Crippen LogP contribution in [0.4, 0.5) is 8.78 Å². The standard InChI is InChI=1S/C18H20Cl2F2N2O/c1-4-6-10(7-5-2)14-16(18(20)24-23-17(14)19)15-12(21)8-11(25-3)9-13(15)22/h8-10H,4-7H2,1-3H3. The molecule has 0 saturated carbocycles. The fourth-order valence-electron chi connectivity index (χ4n) is 3.05. The van der Waals surface area contributed by atoms with Crippen molar-refractivity contribution in [1.82, 2.24) is 10.2 Å². The van der Waals surface area contributed by atoms with Gasteiger partial charge in [-0.2, -0.15) is 0 Å². The first-order valence-corrected chi connectivity index (χ1v) is 8.95. The largest absolute Gasteiger partial charge is 0.497 e. The molecule has 1 aromatic heterocycles. The van der Waals surface area contributed by atoms with E-state index >= 15 is 0 Å². The summed E-state index contributed by atoms with van der Waals surface area (Å²) in [5, 5.41) is 7.68. The number of nitrogens with zero attached hydrogens (tertiary/aromatic N) is 2. The van der Waals surface area contributed by atoms with E-state index in [9.17, 15) is 8.78 Å². The summed E-state index contributed by atoms with van der Waals surface area (Å²) in [6, 6.07) is 2.23. The summed E-state index contributed by atoms with van der Waals surface area (Å²) >= 11 is 12.5. The minimum absolute atomic E-state index is 0.00796. The van der Waals surface area contributed by atoms with Gasteiger partial charge in [0.2, 0.25) is 0 Å². The molecule has 2 aromatic rings. The molecule has 0 fully saturated rings. The maximum Gasteiger partial charge on any atom is 0.160 e. The van der Waals surface area contributed by atoms with E-state index in [0.717, 1.165) is 37.8 Å². The number of aromatic nitrogens is 2. The first-order valence-electron chi connectivity index (χ1n) is 8.19. The van der Waals surface area contributed by atoms with Gasteiger partial charge < -0.3 is 4.74 Å². The van der Waals surface area contributed by atoms with Crippen molar-refractivity contribution in [2.75, 3.05) is 7.11 Å². The molecule has 0 bridgehead atoms. The monoisotopic (exact) mass is 388 g/mol. The summed E-state index contributed by atoms with van der Waals surface area (Å²) in [5.41, 5.74) is 0.467. The fourth-order valence-corrected chi connectivity index (χ4v) is 3.57. The number of hydrogen-bond donors (Lipinski definition) is 0. The molecule has 0 amide bonds. The summed E-state index contributed by atoms with van der Waals surface area (Å²) in [6.45, 7) is 4.09. The third-order valence-electron chi connectivity index (χ3n) is 4.11. The Morgan fingerprint density at radius 2 is 1.48 bits per heavy atom. The van der Waals surface area contributed by atoms with Crippen molar-refractivity contribution in [2.24, 2.45) is 0 Å². The van der Waals surface area contributed by atoms with E-state index in [1.807, 2.05) is 13.8 Å². The highest BCUT2D eigenvalue weighted by Gasteiger charge is 2.27. The molecule has 7 heteroatoms. The van der Waals surface area contributed by atoms with Crippen molar-refractivity contribution < 1.29 is 13.5 Å². The van der Waals surface area contributed by atoms with Gasteiger partial charge in [-0.3, -0.25) is 0 Å². The second kappa shape index (κ2) is 8.77. The zero-order valence-corrected chi connectivity index (χ0v) is 15.9. The van der Waals surface area contributed by atoms with Crippen molar-refractivity contribution >= 4 is 23.2 Å². The van der Waals surface area contributed by atoms with Crippen molar-refractivity contribution in [3.05, 3.63) is 39.6 Å². The molecule has 1 heterocycles. The molecule has 0 radical (unpaired) electrons. The van der Waals surface area contributed by atoms with Gasteiger partial charge in [-0.05, 0) is 18.8 Å². The first-order chi connectivity index (χ1) is 11.9. The molecule has 0 aliphatic heterocycles. The van der Waals surface area contributed by atoms with Crippen LogP contribution in [-0.2, 0) is 0 Å². The molecule has 25 heavy (non-hydrogen) atoms. The van der Waals surface area contributed by atoms with Crippen LogP contribution in [0.25, 0.3) is 11.1 Å². The molecule has 0 aliphatic rings. The highest BCUT2D eigenvalue weighted by Crippen LogP contribution is 2.43. The zero-order valence-electron chi connectivity index (χ0n) is 14.4. The van der Waals surface area contributed by atoms with Crippen molar-refractivity contribution in [3.63, 3.8) is 0 Å². The molecule has 0 atom stereocenters. The van der Waals surface area contributed by atoms with Crippen LogP contribution in [0.2, 0.25) is 10.3 Å². The summed E-state index contributed by atoms with van der Waals surface area (Å²) < 4.78 is 34.2. The molecule has 0 saturated heterocycles. The van der Waals surface area contributed by atoms with Gasteiger partial charge in [0.25, 0.3) is 0 Å². The molecule has 0 N–H and O–H groups in total. The molecular weight excluding hydrogens is 369 g/mol. The lowest BCUT2D eigenvalue weighted by atomic mass is 9.86. The number of ether oxygens (including phenoxy) is 1. The van der Waals surface area contributed by atoms with Crippen LogP contribution >= 0.6 is 23.2 Å². The average Bonchev–Trinajstić information content (AvgIpc) is 2.57. The molecule has 3 nitrogen and oxygen atoms in total. The zero-order chi connectivity index (χ0) is 18.6. The Balaban J connectivity index is 2.76. The Kier molecular flexibility index (Phi) is 6.96. The summed E-state index contributed by atoms with van der Waals surface area (Å²) in [4.78, 5) is 0. The molecule has 0 spiro atoms. The third kappa shape index (κ3) is 4.21. The molecular formula is C18H20Cl2F2N2O. The van der Waals surface area contributed by atoms with Gasteiger partial charge in [-0.1, -0.05) is 49.9 Å². The van der Waals surface area contributed by atoms with Crippen LogP contribution in [-0.4, -0.2) is 17.3 Å². The molecule has 0 unspecified atom stereocenters. The molecule has 0 aliphatic carbocycles. The Labute approximate surface area is 156 Å². The number of halogens is 4. The second-order valence-corrected chi connectivity index (χ2v) is 6.53. The summed E-state index contributed by atoms with van der Waals surface area (Å²) in [5.74, 6) is -1.48. The fraction of sp³-hybridized carbons (Fsp3) is 0.444. The van der Waals surface area contributed by atoms with Crippen LogP contribution in [0.15, 0.2) is 12.1 Å². The minimum Gasteiger partial charge on any atom is -0.497 e. The normalized spacial score (nSPS) is 11.2. The Morgan fingerprint density at radius 3 is 1.96 bits per heavy atom. The lowest BCUT2D eigenvalue weighted by Gasteiger charge is -2.21. The number of rotatable bonds is 7. The second-order valence-electron chi connectivity index (χ2n) is 5.81. The van der Waals surface area contributed by atoms with Gasteiger partial charge in [0.05, 0.1) is 12.7 Å². The molecule has 136 valence electrons. The van der Waals surface area contributed by atoms with Gasteiger partial charge in [-0.25, -0.2) is 8.78 Å². The van der Waals surface area contributed by atoms with Crippen LogP contribution < -0.4 is 4.74 Å². The number of methoxy groups -OCH3 is 1. The van der Waals surface area contributed by atoms with Crippen molar-refractivity contribution in [1.29, 1.82) is 0 Å². The lowest BCUT2D eigenvalue weighted by molar-refractivity contribution is 0.407. The highest BCUT2D eigenvalue weighted by atomic mass is 35.5. The van der Waals surface area contributed by atoms with Crippen LogP contribution in [0.3, 0.4) is 0 Å². The van der Waals surface area contributed by atoms with E-state index in [1.54, 1.807) is 0 Å². The Hall–Kier alpha value is -1.46. The SMILES string of the molecule is CCCC(CCC)c1c(Cl)nnc(Cl)c1-c1c(F)cc(OC)cc1F.